The fourth-order valence-corrected chi connectivity index (χ4v) is 3.51. The summed E-state index contributed by atoms with van der Waals surface area (Å²) < 4.78 is 5.15. The Kier molecular flexibility index (Phi) is 7.06. The van der Waals surface area contributed by atoms with E-state index in [9.17, 15) is 9.59 Å². The third-order valence-electron chi connectivity index (χ3n) is 5.21. The molecule has 1 fully saturated rings. The van der Waals surface area contributed by atoms with Crippen LogP contribution in [-0.2, 0) is 22.4 Å². The van der Waals surface area contributed by atoms with Gasteiger partial charge in [-0.25, -0.2) is 0 Å². The van der Waals surface area contributed by atoms with Gasteiger partial charge in [0.15, 0.2) is 0 Å². The van der Waals surface area contributed by atoms with Crippen LogP contribution in [0.2, 0.25) is 0 Å². The number of rotatable bonds is 7. The molecule has 1 saturated heterocycles. The maximum absolute atomic E-state index is 12.5. The predicted octanol–water partition coefficient (Wildman–Crippen LogP) is 2.98. The second-order valence-corrected chi connectivity index (χ2v) is 7.23. The van der Waals surface area contributed by atoms with Crippen LogP contribution >= 0.6 is 0 Å². The lowest BCUT2D eigenvalue weighted by Gasteiger charge is -2.32. The number of benzene rings is 2. The van der Waals surface area contributed by atoms with Crippen LogP contribution in [0.25, 0.3) is 0 Å². The Hall–Kier alpha value is -2.82. The van der Waals surface area contributed by atoms with E-state index >= 15 is 0 Å². The molecule has 0 atom stereocenters. The monoisotopic (exact) mass is 380 g/mol. The number of nitrogens with zero attached hydrogens (tertiary/aromatic N) is 1. The van der Waals surface area contributed by atoms with Crippen molar-refractivity contribution in [1.82, 2.24) is 10.2 Å². The lowest BCUT2D eigenvalue weighted by atomic mass is 10.0. The Morgan fingerprint density at radius 3 is 2.32 bits per heavy atom. The number of amides is 2. The van der Waals surface area contributed by atoms with Gasteiger partial charge in [-0.3, -0.25) is 9.59 Å². The van der Waals surface area contributed by atoms with Gasteiger partial charge in [0.25, 0.3) is 0 Å². The highest BCUT2D eigenvalue weighted by Gasteiger charge is 2.23. The summed E-state index contributed by atoms with van der Waals surface area (Å²) in [5.41, 5.74) is 2.17. The largest absolute Gasteiger partial charge is 0.497 e. The van der Waals surface area contributed by atoms with E-state index < -0.39 is 0 Å². The Labute approximate surface area is 166 Å². The number of methoxy groups -OCH3 is 1. The number of likely N-dealkylation sites (tertiary alicyclic amines) is 1. The summed E-state index contributed by atoms with van der Waals surface area (Å²) in [6.45, 7) is 1.39. The first kappa shape index (κ1) is 19.9. The topological polar surface area (TPSA) is 58.6 Å². The smallest absolute Gasteiger partial charge is 0.226 e. The lowest BCUT2D eigenvalue weighted by molar-refractivity contribution is -0.131. The minimum Gasteiger partial charge on any atom is -0.497 e. The van der Waals surface area contributed by atoms with Crippen LogP contribution in [-0.4, -0.2) is 43.0 Å². The average Bonchev–Trinajstić information content (AvgIpc) is 2.74. The molecule has 0 radical (unpaired) electrons. The van der Waals surface area contributed by atoms with Crippen molar-refractivity contribution in [2.24, 2.45) is 0 Å². The van der Waals surface area contributed by atoms with Crippen molar-refractivity contribution < 1.29 is 14.3 Å². The highest BCUT2D eigenvalue weighted by atomic mass is 16.5. The molecule has 2 aromatic carbocycles. The first-order valence-corrected chi connectivity index (χ1v) is 9.88. The van der Waals surface area contributed by atoms with Gasteiger partial charge in [0.05, 0.1) is 13.5 Å². The second-order valence-electron chi connectivity index (χ2n) is 7.23. The fourth-order valence-electron chi connectivity index (χ4n) is 3.51. The maximum atomic E-state index is 12.5. The molecule has 148 valence electrons. The average molecular weight is 380 g/mol. The van der Waals surface area contributed by atoms with Crippen molar-refractivity contribution in [1.29, 1.82) is 0 Å². The molecule has 1 aliphatic heterocycles. The van der Waals surface area contributed by atoms with Gasteiger partial charge in [0.1, 0.15) is 5.75 Å². The van der Waals surface area contributed by atoms with Gasteiger partial charge < -0.3 is 15.0 Å². The molecule has 1 heterocycles. The van der Waals surface area contributed by atoms with Crippen LogP contribution in [0.5, 0.6) is 5.75 Å². The summed E-state index contributed by atoms with van der Waals surface area (Å²) in [6, 6.07) is 17.8. The number of hydrogen-bond acceptors (Lipinski definition) is 3. The Bertz CT molecular complexity index is 766. The quantitative estimate of drug-likeness (QED) is 0.803. The van der Waals surface area contributed by atoms with Crippen molar-refractivity contribution in [2.75, 3.05) is 20.2 Å². The minimum atomic E-state index is 0.0897. The normalized spacial score (nSPS) is 14.5. The van der Waals surface area contributed by atoms with Crippen LogP contribution in [0.4, 0.5) is 0 Å². The summed E-state index contributed by atoms with van der Waals surface area (Å²) in [4.78, 5) is 26.6. The van der Waals surface area contributed by atoms with Crippen LogP contribution < -0.4 is 10.1 Å². The molecular weight excluding hydrogens is 352 g/mol. The molecule has 1 N–H and O–H groups in total. The van der Waals surface area contributed by atoms with Crippen LogP contribution in [0.1, 0.15) is 30.4 Å². The first-order chi connectivity index (χ1) is 13.6. The molecule has 5 heteroatoms. The van der Waals surface area contributed by atoms with E-state index in [4.69, 9.17) is 4.74 Å². The van der Waals surface area contributed by atoms with Gasteiger partial charge in [-0.15, -0.1) is 0 Å². The third kappa shape index (κ3) is 5.84. The van der Waals surface area contributed by atoms with Crippen molar-refractivity contribution in [3.8, 4) is 5.75 Å². The number of hydrogen-bond donors (Lipinski definition) is 1. The van der Waals surface area contributed by atoms with Crippen molar-refractivity contribution in [3.63, 3.8) is 0 Å². The molecular formula is C23H28N2O3. The van der Waals surface area contributed by atoms with E-state index in [1.807, 2.05) is 59.5 Å². The fraction of sp³-hybridized carbons (Fsp3) is 0.391. The van der Waals surface area contributed by atoms with Gasteiger partial charge in [0.2, 0.25) is 11.8 Å². The Morgan fingerprint density at radius 2 is 1.68 bits per heavy atom. The van der Waals surface area contributed by atoms with E-state index in [0.717, 1.165) is 30.6 Å². The molecule has 2 aromatic rings. The van der Waals surface area contributed by atoms with Gasteiger partial charge in [-0.1, -0.05) is 42.5 Å². The molecule has 28 heavy (non-hydrogen) atoms. The van der Waals surface area contributed by atoms with Gasteiger partial charge in [0, 0.05) is 25.6 Å². The third-order valence-corrected chi connectivity index (χ3v) is 5.21. The van der Waals surface area contributed by atoms with Gasteiger partial charge in [-0.05, 0) is 42.5 Å². The standard InChI is InChI=1S/C23H28N2O3/c1-28-21-10-7-19(8-11-21)17-23(27)25-15-13-20(14-16-25)24-22(26)12-9-18-5-3-2-4-6-18/h2-8,10-11,20H,9,12-17H2,1H3,(H,24,26). The van der Waals surface area contributed by atoms with Crippen LogP contribution in [0.15, 0.2) is 54.6 Å². The molecule has 1 aliphatic rings. The summed E-state index contributed by atoms with van der Waals surface area (Å²) in [6.07, 6.45) is 3.28. The summed E-state index contributed by atoms with van der Waals surface area (Å²) in [5, 5.41) is 3.12. The molecule has 3 rings (SSSR count). The number of aryl methyl sites for hydroxylation is 1. The molecule has 0 aliphatic carbocycles. The summed E-state index contributed by atoms with van der Waals surface area (Å²) >= 11 is 0. The zero-order valence-electron chi connectivity index (χ0n) is 16.4. The van der Waals surface area contributed by atoms with E-state index in [0.29, 0.717) is 25.9 Å². The van der Waals surface area contributed by atoms with Crippen LogP contribution in [0, 0.1) is 0 Å². The van der Waals surface area contributed by atoms with Gasteiger partial charge >= 0.3 is 0 Å². The maximum Gasteiger partial charge on any atom is 0.226 e. The van der Waals surface area contributed by atoms with Gasteiger partial charge in [-0.2, -0.15) is 0 Å². The predicted molar refractivity (Wildman–Crippen MR) is 109 cm³/mol. The van der Waals surface area contributed by atoms with E-state index in [-0.39, 0.29) is 17.9 Å². The highest BCUT2D eigenvalue weighted by molar-refractivity contribution is 5.79. The highest BCUT2D eigenvalue weighted by Crippen LogP contribution is 2.15. The van der Waals surface area contributed by atoms with E-state index in [1.165, 1.54) is 5.56 Å². The lowest BCUT2D eigenvalue weighted by Crippen LogP contribution is -2.47. The molecule has 0 unspecified atom stereocenters. The number of carbonyl (C=O) groups is 2. The number of carbonyl (C=O) groups excluding carboxylic acids is 2. The molecule has 0 aromatic heterocycles. The molecule has 0 saturated carbocycles. The SMILES string of the molecule is COc1ccc(CC(=O)N2CCC(NC(=O)CCc3ccccc3)CC2)cc1. The van der Waals surface area contributed by atoms with Crippen molar-refractivity contribution in [3.05, 3.63) is 65.7 Å². The zero-order chi connectivity index (χ0) is 19.8. The summed E-state index contributed by atoms with van der Waals surface area (Å²) in [5.74, 6) is 1.02. The number of piperidine rings is 1. The Balaban J connectivity index is 1.38. The second kappa shape index (κ2) is 9.93. The number of ether oxygens (including phenoxy) is 1. The van der Waals surface area contributed by atoms with E-state index in [2.05, 4.69) is 5.32 Å². The minimum absolute atomic E-state index is 0.0897. The van der Waals surface area contributed by atoms with Crippen molar-refractivity contribution >= 4 is 11.8 Å². The Morgan fingerprint density at radius 1 is 1.00 bits per heavy atom. The van der Waals surface area contributed by atoms with E-state index in [1.54, 1.807) is 7.11 Å². The first-order valence-electron chi connectivity index (χ1n) is 9.88. The molecule has 0 bridgehead atoms. The van der Waals surface area contributed by atoms with Crippen LogP contribution in [0.3, 0.4) is 0 Å². The number of nitrogens with one attached hydrogen (secondary N) is 1. The molecule has 0 spiro atoms. The molecule has 5 nitrogen and oxygen atoms in total. The summed E-state index contributed by atoms with van der Waals surface area (Å²) in [7, 11) is 1.63. The zero-order valence-corrected chi connectivity index (χ0v) is 16.4. The molecule has 2 amide bonds. The van der Waals surface area contributed by atoms with Crippen molar-refractivity contribution in [2.45, 2.75) is 38.1 Å².